The Kier molecular flexibility index (Phi) is 5.14. The molecule has 2 amide bonds. The highest BCUT2D eigenvalue weighted by atomic mass is 32.2. The van der Waals surface area contributed by atoms with Crippen molar-refractivity contribution in [1.82, 2.24) is 15.1 Å². The van der Waals surface area contributed by atoms with E-state index in [1.54, 1.807) is 0 Å². The van der Waals surface area contributed by atoms with E-state index in [2.05, 4.69) is 10.2 Å². The van der Waals surface area contributed by atoms with Crippen molar-refractivity contribution < 1.29 is 18.7 Å². The first-order valence-electron chi connectivity index (χ1n) is 7.70. The van der Waals surface area contributed by atoms with Crippen LogP contribution >= 0.6 is 11.8 Å². The molecule has 24 heavy (non-hydrogen) atoms. The number of nitrogens with zero attached hydrogens (tertiary/aromatic N) is 3. The zero-order valence-electron chi connectivity index (χ0n) is 13.2. The third kappa shape index (κ3) is 3.76. The van der Waals surface area contributed by atoms with E-state index in [-0.39, 0.29) is 17.6 Å². The van der Waals surface area contributed by atoms with E-state index in [4.69, 9.17) is 9.15 Å². The second-order valence-corrected chi connectivity index (χ2v) is 6.09. The Morgan fingerprint density at radius 1 is 1.33 bits per heavy atom. The third-order valence-corrected chi connectivity index (χ3v) is 4.32. The molecule has 1 aromatic carbocycles. The van der Waals surface area contributed by atoms with Crippen LogP contribution in [0.25, 0.3) is 11.5 Å². The smallest absolute Gasteiger partial charge is 0.277 e. The maximum Gasteiger partial charge on any atom is 0.277 e. The van der Waals surface area contributed by atoms with E-state index in [0.717, 1.165) is 29.5 Å². The molecule has 2 aromatic rings. The molecule has 0 unspecified atom stereocenters. The van der Waals surface area contributed by atoms with Crippen molar-refractivity contribution in [2.45, 2.75) is 25.0 Å². The summed E-state index contributed by atoms with van der Waals surface area (Å²) >= 11 is 1.14. The summed E-state index contributed by atoms with van der Waals surface area (Å²) in [7, 11) is 0. The molecule has 8 heteroatoms. The molecule has 0 saturated carbocycles. The highest BCUT2D eigenvalue weighted by molar-refractivity contribution is 7.99. The van der Waals surface area contributed by atoms with E-state index in [1.165, 1.54) is 4.90 Å². The summed E-state index contributed by atoms with van der Waals surface area (Å²) in [6.07, 6.45) is 1.18. The molecular weight excluding hydrogens is 330 g/mol. The summed E-state index contributed by atoms with van der Waals surface area (Å²) in [5, 5.41) is 8.22. The molecule has 1 saturated heterocycles. The first-order chi connectivity index (χ1) is 11.7. The zero-order valence-corrected chi connectivity index (χ0v) is 14.0. The Morgan fingerprint density at radius 2 is 2.12 bits per heavy atom. The molecule has 7 nitrogen and oxygen atoms in total. The van der Waals surface area contributed by atoms with E-state index in [9.17, 15) is 9.59 Å². The number of thioether (sulfide) groups is 1. The van der Waals surface area contributed by atoms with Crippen LogP contribution in [0.2, 0.25) is 0 Å². The minimum atomic E-state index is -0.219. The molecule has 1 fully saturated rings. The SMILES string of the molecule is CCOc1ccc(-c2nnc(SCC(=O)N3CCCC3=O)o2)cc1. The minimum absolute atomic E-state index is 0.108. The molecule has 0 aliphatic carbocycles. The van der Waals surface area contributed by atoms with Crippen LogP contribution in [0.4, 0.5) is 0 Å². The standard InChI is InChI=1S/C16H17N3O4S/c1-2-22-12-7-5-11(6-8-12)15-17-18-16(23-15)24-10-14(21)19-9-3-4-13(19)20/h5-8H,2-4,9-10H2,1H3. The van der Waals surface area contributed by atoms with Crippen LogP contribution in [0, 0.1) is 0 Å². The summed E-state index contributed by atoms with van der Waals surface area (Å²) in [6, 6.07) is 7.33. The van der Waals surface area contributed by atoms with Gasteiger partial charge in [-0.3, -0.25) is 14.5 Å². The van der Waals surface area contributed by atoms with Crippen LogP contribution in [0.1, 0.15) is 19.8 Å². The maximum absolute atomic E-state index is 12.0. The van der Waals surface area contributed by atoms with Gasteiger partial charge >= 0.3 is 0 Å². The van der Waals surface area contributed by atoms with Gasteiger partial charge in [0.1, 0.15) is 5.75 Å². The number of aromatic nitrogens is 2. The largest absolute Gasteiger partial charge is 0.494 e. The van der Waals surface area contributed by atoms with Crippen molar-refractivity contribution >= 4 is 23.6 Å². The van der Waals surface area contributed by atoms with Gasteiger partial charge in [-0.25, -0.2) is 0 Å². The van der Waals surface area contributed by atoms with Crippen molar-refractivity contribution in [2.24, 2.45) is 0 Å². The van der Waals surface area contributed by atoms with Gasteiger partial charge in [-0.2, -0.15) is 0 Å². The second-order valence-electron chi connectivity index (χ2n) is 5.16. The number of carbonyl (C=O) groups is 2. The predicted molar refractivity (Wildman–Crippen MR) is 87.6 cm³/mol. The molecule has 1 aromatic heterocycles. The quantitative estimate of drug-likeness (QED) is 0.742. The van der Waals surface area contributed by atoms with Crippen LogP contribution in [0.15, 0.2) is 33.9 Å². The molecular formula is C16H17N3O4S. The van der Waals surface area contributed by atoms with Crippen LogP contribution in [0.5, 0.6) is 5.75 Å². The highest BCUT2D eigenvalue weighted by Gasteiger charge is 2.26. The van der Waals surface area contributed by atoms with Crippen molar-refractivity contribution in [2.75, 3.05) is 18.9 Å². The molecule has 0 N–H and O–H groups in total. The molecule has 3 rings (SSSR count). The van der Waals surface area contributed by atoms with Crippen LogP contribution < -0.4 is 4.74 Å². The average Bonchev–Trinajstić information content (AvgIpc) is 3.23. The number of likely N-dealkylation sites (tertiary alicyclic amines) is 1. The van der Waals surface area contributed by atoms with Crippen molar-refractivity contribution in [3.05, 3.63) is 24.3 Å². The van der Waals surface area contributed by atoms with Gasteiger partial charge in [0.25, 0.3) is 5.22 Å². The summed E-state index contributed by atoms with van der Waals surface area (Å²) in [5.74, 6) is 0.933. The average molecular weight is 347 g/mol. The molecule has 0 spiro atoms. The molecule has 1 aliphatic heterocycles. The Labute approximate surface area is 143 Å². The summed E-state index contributed by atoms with van der Waals surface area (Å²) in [6.45, 7) is 3.03. The van der Waals surface area contributed by atoms with E-state index >= 15 is 0 Å². The number of benzene rings is 1. The van der Waals surface area contributed by atoms with Gasteiger partial charge in [-0.05, 0) is 37.6 Å². The van der Waals surface area contributed by atoms with Crippen LogP contribution in [-0.2, 0) is 9.59 Å². The van der Waals surface area contributed by atoms with Crippen molar-refractivity contribution in [3.63, 3.8) is 0 Å². The third-order valence-electron chi connectivity index (χ3n) is 3.51. The summed E-state index contributed by atoms with van der Waals surface area (Å²) in [5.41, 5.74) is 0.777. The van der Waals surface area contributed by atoms with E-state index in [1.807, 2.05) is 31.2 Å². The van der Waals surface area contributed by atoms with Crippen molar-refractivity contribution in [3.8, 4) is 17.2 Å². The molecule has 126 valence electrons. The Balaban J connectivity index is 1.59. The van der Waals surface area contributed by atoms with Crippen molar-refractivity contribution in [1.29, 1.82) is 0 Å². The van der Waals surface area contributed by atoms with Gasteiger partial charge in [0.2, 0.25) is 17.7 Å². The fourth-order valence-corrected chi connectivity index (χ4v) is 3.00. The Hall–Kier alpha value is -2.35. The van der Waals surface area contributed by atoms with Gasteiger partial charge in [0.05, 0.1) is 12.4 Å². The van der Waals surface area contributed by atoms with E-state index in [0.29, 0.717) is 30.7 Å². The Bertz CT molecular complexity index is 729. The second kappa shape index (κ2) is 7.48. The lowest BCUT2D eigenvalue weighted by Crippen LogP contribution is -2.33. The summed E-state index contributed by atoms with van der Waals surface area (Å²) in [4.78, 5) is 24.8. The maximum atomic E-state index is 12.0. The molecule has 0 radical (unpaired) electrons. The van der Waals surface area contributed by atoms with Gasteiger partial charge < -0.3 is 9.15 Å². The Morgan fingerprint density at radius 3 is 2.79 bits per heavy atom. The van der Waals surface area contributed by atoms with Gasteiger partial charge in [0.15, 0.2) is 0 Å². The number of amides is 2. The first kappa shape index (κ1) is 16.5. The van der Waals surface area contributed by atoms with E-state index < -0.39 is 0 Å². The number of hydrogen-bond donors (Lipinski definition) is 0. The molecule has 0 atom stereocenters. The lowest BCUT2D eigenvalue weighted by molar-refractivity contribution is -0.140. The highest BCUT2D eigenvalue weighted by Crippen LogP contribution is 2.25. The molecule has 1 aliphatic rings. The van der Waals surface area contributed by atoms with Gasteiger partial charge in [-0.1, -0.05) is 11.8 Å². The van der Waals surface area contributed by atoms with Gasteiger partial charge in [-0.15, -0.1) is 10.2 Å². The first-order valence-corrected chi connectivity index (χ1v) is 8.68. The van der Waals surface area contributed by atoms with Crippen LogP contribution in [0.3, 0.4) is 0 Å². The fourth-order valence-electron chi connectivity index (χ4n) is 2.36. The summed E-state index contributed by atoms with van der Waals surface area (Å²) < 4.78 is 10.9. The van der Waals surface area contributed by atoms with Crippen LogP contribution in [-0.4, -0.2) is 45.8 Å². The van der Waals surface area contributed by atoms with Gasteiger partial charge in [0, 0.05) is 18.5 Å². The molecule has 2 heterocycles. The number of carbonyl (C=O) groups excluding carboxylic acids is 2. The lowest BCUT2D eigenvalue weighted by Gasteiger charge is -2.11. The normalized spacial score (nSPS) is 14.2. The fraction of sp³-hybridized carbons (Fsp3) is 0.375. The zero-order chi connectivity index (χ0) is 16.9. The monoisotopic (exact) mass is 347 g/mol. The predicted octanol–water partition coefficient (Wildman–Crippen LogP) is 2.38. The number of ether oxygens (including phenoxy) is 1. The number of imide groups is 1. The topological polar surface area (TPSA) is 85.5 Å². The number of hydrogen-bond acceptors (Lipinski definition) is 7. The number of rotatable bonds is 6. The minimum Gasteiger partial charge on any atom is -0.494 e. The lowest BCUT2D eigenvalue weighted by atomic mass is 10.2. The molecule has 0 bridgehead atoms.